The van der Waals surface area contributed by atoms with Gasteiger partial charge in [0.15, 0.2) is 0 Å². The summed E-state index contributed by atoms with van der Waals surface area (Å²) < 4.78 is 1.80. The van der Waals surface area contributed by atoms with E-state index in [1.54, 1.807) is 29.8 Å². The van der Waals surface area contributed by atoms with Crippen molar-refractivity contribution in [3.8, 4) is 6.07 Å². The predicted molar refractivity (Wildman–Crippen MR) is 72.9 cm³/mol. The van der Waals surface area contributed by atoms with Gasteiger partial charge in [0.2, 0.25) is 5.91 Å². The number of nitrogens with one attached hydrogen (secondary N) is 1. The van der Waals surface area contributed by atoms with Gasteiger partial charge < -0.3 is 9.88 Å². The van der Waals surface area contributed by atoms with Crippen LogP contribution in [0.1, 0.15) is 11.4 Å². The van der Waals surface area contributed by atoms with Crippen LogP contribution >= 0.6 is 11.6 Å². The van der Waals surface area contributed by atoms with Crippen molar-refractivity contribution in [3.05, 3.63) is 29.6 Å². The molecule has 2 rings (SSSR count). The van der Waals surface area contributed by atoms with Gasteiger partial charge in [-0.1, -0.05) is 0 Å². The number of imidazole rings is 1. The number of carbonyl (C=O) groups excluding carboxylic acids is 1. The van der Waals surface area contributed by atoms with Gasteiger partial charge in [-0.2, -0.15) is 5.26 Å². The van der Waals surface area contributed by atoms with Crippen LogP contribution in [-0.2, 0) is 17.8 Å². The number of carbonyl (C=O) groups is 1. The van der Waals surface area contributed by atoms with E-state index < -0.39 is 0 Å². The SMILES string of the molecule is CNC(=O)Cn1c(CCCl)nc2ccc(C#N)cc21. The summed E-state index contributed by atoms with van der Waals surface area (Å²) in [5.74, 6) is 1.07. The number of aromatic nitrogens is 2. The number of hydrogen-bond donors (Lipinski definition) is 1. The smallest absolute Gasteiger partial charge is 0.239 e. The Morgan fingerprint density at radius 1 is 1.58 bits per heavy atom. The van der Waals surface area contributed by atoms with Crippen molar-refractivity contribution < 1.29 is 4.79 Å². The minimum absolute atomic E-state index is 0.113. The van der Waals surface area contributed by atoms with E-state index in [9.17, 15) is 4.79 Å². The van der Waals surface area contributed by atoms with Gasteiger partial charge in [0.25, 0.3) is 0 Å². The number of benzene rings is 1. The summed E-state index contributed by atoms with van der Waals surface area (Å²) in [5.41, 5.74) is 2.09. The molecule has 0 saturated carbocycles. The van der Waals surface area contributed by atoms with Gasteiger partial charge in [0.1, 0.15) is 12.4 Å². The lowest BCUT2D eigenvalue weighted by Gasteiger charge is -2.07. The van der Waals surface area contributed by atoms with Crippen molar-refractivity contribution in [3.63, 3.8) is 0 Å². The lowest BCUT2D eigenvalue weighted by Crippen LogP contribution is -2.24. The van der Waals surface area contributed by atoms with Crippen molar-refractivity contribution in [2.45, 2.75) is 13.0 Å². The molecule has 1 N–H and O–H groups in total. The summed E-state index contributed by atoms with van der Waals surface area (Å²) in [6.07, 6.45) is 0.578. The zero-order valence-corrected chi connectivity index (χ0v) is 11.2. The molecule has 1 amide bonds. The lowest BCUT2D eigenvalue weighted by atomic mass is 10.2. The highest BCUT2D eigenvalue weighted by molar-refractivity contribution is 6.17. The van der Waals surface area contributed by atoms with Crippen LogP contribution in [0.3, 0.4) is 0 Å². The third-order valence-corrected chi connectivity index (χ3v) is 3.04. The standard InChI is InChI=1S/C13H13ClN4O/c1-16-13(19)8-18-11-6-9(7-15)2-3-10(11)17-12(18)4-5-14/h2-3,6H,4-5,8H2,1H3,(H,16,19). The fourth-order valence-corrected chi connectivity index (χ4v) is 2.09. The van der Waals surface area contributed by atoms with E-state index in [1.165, 1.54) is 0 Å². The van der Waals surface area contributed by atoms with E-state index in [0.717, 1.165) is 16.9 Å². The Hall–Kier alpha value is -2.06. The van der Waals surface area contributed by atoms with Crippen LogP contribution < -0.4 is 5.32 Å². The van der Waals surface area contributed by atoms with Crippen molar-refractivity contribution in [1.82, 2.24) is 14.9 Å². The zero-order chi connectivity index (χ0) is 13.8. The Bertz CT molecular complexity index is 656. The highest BCUT2D eigenvalue weighted by Gasteiger charge is 2.13. The molecule has 98 valence electrons. The highest BCUT2D eigenvalue weighted by Crippen LogP contribution is 2.18. The van der Waals surface area contributed by atoms with Crippen molar-refractivity contribution >= 4 is 28.5 Å². The maximum Gasteiger partial charge on any atom is 0.239 e. The zero-order valence-electron chi connectivity index (χ0n) is 10.5. The summed E-state index contributed by atoms with van der Waals surface area (Å²) in [7, 11) is 1.59. The van der Waals surface area contributed by atoms with E-state index in [2.05, 4.69) is 16.4 Å². The summed E-state index contributed by atoms with van der Waals surface area (Å²) in [4.78, 5) is 16.0. The maximum atomic E-state index is 11.6. The van der Waals surface area contributed by atoms with Crippen molar-refractivity contribution in [2.24, 2.45) is 0 Å². The molecule has 1 aromatic carbocycles. The molecule has 0 spiro atoms. The number of aryl methyl sites for hydroxylation is 1. The number of nitriles is 1. The molecule has 0 aliphatic rings. The molecule has 2 aromatic rings. The minimum Gasteiger partial charge on any atom is -0.358 e. The molecule has 19 heavy (non-hydrogen) atoms. The second-order valence-corrected chi connectivity index (χ2v) is 4.42. The number of fused-ring (bicyclic) bond motifs is 1. The molecule has 0 fully saturated rings. The van der Waals surface area contributed by atoms with E-state index in [-0.39, 0.29) is 12.5 Å². The largest absolute Gasteiger partial charge is 0.358 e. The van der Waals surface area contributed by atoms with Gasteiger partial charge in [-0.15, -0.1) is 11.6 Å². The summed E-state index contributed by atoms with van der Waals surface area (Å²) in [6, 6.07) is 7.32. The third kappa shape index (κ3) is 2.69. The fourth-order valence-electron chi connectivity index (χ4n) is 1.92. The molecule has 6 heteroatoms. The molecule has 1 heterocycles. The second-order valence-electron chi connectivity index (χ2n) is 4.04. The molecule has 0 saturated heterocycles. The normalized spacial score (nSPS) is 10.4. The van der Waals surface area contributed by atoms with E-state index in [1.807, 2.05) is 0 Å². The maximum absolute atomic E-state index is 11.6. The molecule has 0 aliphatic heterocycles. The Balaban J connectivity index is 2.56. The van der Waals surface area contributed by atoms with Crippen molar-refractivity contribution in [1.29, 1.82) is 5.26 Å². The number of alkyl halides is 1. The lowest BCUT2D eigenvalue weighted by molar-refractivity contribution is -0.121. The predicted octanol–water partition coefficient (Wildman–Crippen LogP) is 1.44. The Morgan fingerprint density at radius 3 is 3.00 bits per heavy atom. The first-order valence-electron chi connectivity index (χ1n) is 5.85. The summed E-state index contributed by atoms with van der Waals surface area (Å²) in [6.45, 7) is 0.175. The van der Waals surface area contributed by atoms with Crippen LogP contribution in [-0.4, -0.2) is 28.4 Å². The number of hydrogen-bond acceptors (Lipinski definition) is 3. The van der Waals surface area contributed by atoms with Gasteiger partial charge in [0.05, 0.1) is 22.7 Å². The fraction of sp³-hybridized carbons (Fsp3) is 0.308. The van der Waals surface area contributed by atoms with Crippen molar-refractivity contribution in [2.75, 3.05) is 12.9 Å². The van der Waals surface area contributed by atoms with Crippen LogP contribution in [0.25, 0.3) is 11.0 Å². The van der Waals surface area contributed by atoms with Crippen LogP contribution in [0, 0.1) is 11.3 Å². The molecule has 0 radical (unpaired) electrons. The van der Waals surface area contributed by atoms with E-state index >= 15 is 0 Å². The Kier molecular flexibility index (Phi) is 4.03. The van der Waals surface area contributed by atoms with E-state index in [4.69, 9.17) is 16.9 Å². The monoisotopic (exact) mass is 276 g/mol. The molecule has 5 nitrogen and oxygen atoms in total. The molecular weight excluding hydrogens is 264 g/mol. The van der Waals surface area contributed by atoms with Crippen LogP contribution in [0.4, 0.5) is 0 Å². The van der Waals surface area contributed by atoms with Gasteiger partial charge in [-0.05, 0) is 18.2 Å². The van der Waals surface area contributed by atoms with Gasteiger partial charge >= 0.3 is 0 Å². The van der Waals surface area contributed by atoms with Gasteiger partial charge in [0, 0.05) is 19.3 Å². The first kappa shape index (κ1) is 13.4. The molecule has 0 unspecified atom stereocenters. The average molecular weight is 277 g/mol. The first-order valence-corrected chi connectivity index (χ1v) is 6.39. The molecular formula is C13H13ClN4O. The van der Waals surface area contributed by atoms with Crippen LogP contribution in [0.15, 0.2) is 18.2 Å². The minimum atomic E-state index is -0.113. The number of amides is 1. The number of rotatable bonds is 4. The Labute approximate surface area is 115 Å². The third-order valence-electron chi connectivity index (χ3n) is 2.86. The molecule has 0 aliphatic carbocycles. The molecule has 0 atom stereocenters. The Morgan fingerprint density at radius 2 is 2.37 bits per heavy atom. The quantitative estimate of drug-likeness (QED) is 0.859. The second kappa shape index (κ2) is 5.72. The first-order chi connectivity index (χ1) is 9.19. The van der Waals surface area contributed by atoms with E-state index in [0.29, 0.717) is 17.9 Å². The number of halogens is 1. The topological polar surface area (TPSA) is 70.7 Å². The average Bonchev–Trinajstić information content (AvgIpc) is 2.76. The van der Waals surface area contributed by atoms with Crippen LogP contribution in [0.5, 0.6) is 0 Å². The summed E-state index contributed by atoms with van der Waals surface area (Å²) >= 11 is 5.76. The molecule has 1 aromatic heterocycles. The summed E-state index contributed by atoms with van der Waals surface area (Å²) in [5, 5.41) is 11.5. The van der Waals surface area contributed by atoms with Gasteiger partial charge in [-0.25, -0.2) is 4.98 Å². The van der Waals surface area contributed by atoms with Gasteiger partial charge in [-0.3, -0.25) is 4.79 Å². The molecule has 0 bridgehead atoms. The highest BCUT2D eigenvalue weighted by atomic mass is 35.5. The number of nitrogens with zero attached hydrogens (tertiary/aromatic N) is 3. The van der Waals surface area contributed by atoms with Crippen LogP contribution in [0.2, 0.25) is 0 Å². The number of likely N-dealkylation sites (N-methyl/N-ethyl adjacent to an activating group) is 1.